The predicted octanol–water partition coefficient (Wildman–Crippen LogP) is 3.46. The highest BCUT2D eigenvalue weighted by molar-refractivity contribution is 5.95. The maximum absolute atomic E-state index is 12.1. The maximum atomic E-state index is 12.1. The Labute approximate surface area is 141 Å². The van der Waals surface area contributed by atoms with Gasteiger partial charge in [0.1, 0.15) is 5.75 Å². The highest BCUT2D eigenvalue weighted by atomic mass is 16.5. The van der Waals surface area contributed by atoms with Crippen LogP contribution in [0.1, 0.15) is 47.3 Å². The Kier molecular flexibility index (Phi) is 4.94. The van der Waals surface area contributed by atoms with Gasteiger partial charge in [-0.25, -0.2) is 0 Å². The highest BCUT2D eigenvalue weighted by Gasteiger charge is 2.23. The van der Waals surface area contributed by atoms with Crippen LogP contribution in [0.4, 0.5) is 0 Å². The molecule has 2 aromatic rings. The minimum atomic E-state index is -0.134. The van der Waals surface area contributed by atoms with Gasteiger partial charge in [-0.15, -0.1) is 0 Å². The monoisotopic (exact) mass is 323 g/mol. The van der Waals surface area contributed by atoms with Gasteiger partial charge in [0.2, 0.25) is 0 Å². The van der Waals surface area contributed by atoms with E-state index in [0.717, 1.165) is 12.8 Å². The van der Waals surface area contributed by atoms with Crippen molar-refractivity contribution in [3.8, 4) is 5.75 Å². The fraction of sp³-hybridized carbons (Fsp3) is 0.300. The van der Waals surface area contributed by atoms with Crippen LogP contribution in [-0.2, 0) is 11.2 Å². The summed E-state index contributed by atoms with van der Waals surface area (Å²) in [7, 11) is 0. The van der Waals surface area contributed by atoms with Gasteiger partial charge in [-0.05, 0) is 48.2 Å². The summed E-state index contributed by atoms with van der Waals surface area (Å²) in [5.41, 5.74) is 3.17. The van der Waals surface area contributed by atoms with E-state index < -0.39 is 0 Å². The van der Waals surface area contributed by atoms with Crippen LogP contribution in [0.3, 0.4) is 0 Å². The zero-order valence-corrected chi connectivity index (χ0v) is 13.7. The van der Waals surface area contributed by atoms with Crippen molar-refractivity contribution in [2.45, 2.75) is 32.2 Å². The van der Waals surface area contributed by atoms with Gasteiger partial charge in [-0.2, -0.15) is 0 Å². The van der Waals surface area contributed by atoms with Crippen LogP contribution in [0.5, 0.6) is 5.75 Å². The normalized spacial score (nSPS) is 15.6. The summed E-state index contributed by atoms with van der Waals surface area (Å²) >= 11 is 0. The minimum absolute atomic E-state index is 0.0280. The molecule has 0 bridgehead atoms. The van der Waals surface area contributed by atoms with Gasteiger partial charge < -0.3 is 10.1 Å². The number of rotatable bonds is 6. The number of carbonyl (C=O) groups is 2. The first kappa shape index (κ1) is 16.2. The van der Waals surface area contributed by atoms with E-state index in [9.17, 15) is 9.59 Å². The Balaban J connectivity index is 1.52. The van der Waals surface area contributed by atoms with E-state index in [4.69, 9.17) is 4.74 Å². The van der Waals surface area contributed by atoms with Crippen molar-refractivity contribution >= 4 is 11.7 Å². The molecule has 0 fully saturated rings. The third kappa shape index (κ3) is 3.65. The summed E-state index contributed by atoms with van der Waals surface area (Å²) in [4.78, 5) is 23.7. The smallest absolute Gasteiger partial charge is 0.258 e. The van der Waals surface area contributed by atoms with Crippen molar-refractivity contribution in [1.82, 2.24) is 5.32 Å². The number of amides is 1. The molecule has 1 aliphatic rings. The Morgan fingerprint density at radius 3 is 2.62 bits per heavy atom. The number of ketones is 1. The topological polar surface area (TPSA) is 55.4 Å². The lowest BCUT2D eigenvalue weighted by atomic mass is 10.1. The molecule has 4 nitrogen and oxygen atoms in total. The lowest BCUT2D eigenvalue weighted by Crippen LogP contribution is -2.31. The van der Waals surface area contributed by atoms with Gasteiger partial charge in [0.05, 0.1) is 6.04 Å². The average Bonchev–Trinajstić information content (AvgIpc) is 3.03. The van der Waals surface area contributed by atoms with Gasteiger partial charge >= 0.3 is 0 Å². The Morgan fingerprint density at radius 1 is 1.12 bits per heavy atom. The number of carbonyl (C=O) groups excluding carboxylic acids is 2. The zero-order valence-electron chi connectivity index (χ0n) is 13.7. The Morgan fingerprint density at radius 2 is 1.88 bits per heavy atom. The molecule has 0 radical (unpaired) electrons. The van der Waals surface area contributed by atoms with Gasteiger partial charge in [-0.1, -0.05) is 31.2 Å². The molecule has 1 unspecified atom stereocenters. The van der Waals surface area contributed by atoms with Crippen LogP contribution < -0.4 is 10.1 Å². The predicted molar refractivity (Wildman–Crippen MR) is 92.2 cm³/mol. The molecule has 1 amide bonds. The van der Waals surface area contributed by atoms with Crippen molar-refractivity contribution in [2.24, 2.45) is 0 Å². The van der Waals surface area contributed by atoms with E-state index in [1.165, 1.54) is 11.1 Å². The average molecular weight is 323 g/mol. The van der Waals surface area contributed by atoms with Crippen LogP contribution in [0.15, 0.2) is 48.5 Å². The van der Waals surface area contributed by atoms with E-state index in [1.807, 2.05) is 19.1 Å². The number of benzene rings is 2. The molecule has 0 heterocycles. The van der Waals surface area contributed by atoms with Crippen LogP contribution in [0.2, 0.25) is 0 Å². The molecular weight excluding hydrogens is 302 g/mol. The van der Waals surface area contributed by atoms with Gasteiger partial charge in [0.25, 0.3) is 5.91 Å². The first-order valence-corrected chi connectivity index (χ1v) is 8.30. The van der Waals surface area contributed by atoms with Crippen LogP contribution >= 0.6 is 0 Å². The molecule has 1 atom stereocenters. The van der Waals surface area contributed by atoms with E-state index >= 15 is 0 Å². The minimum Gasteiger partial charge on any atom is -0.484 e. The number of nitrogens with one attached hydrogen (secondary N) is 1. The SMILES string of the molecule is CCC(=O)c1ccc(OCC(=O)NC2CCc3ccccc32)cc1. The van der Waals surface area contributed by atoms with Crippen molar-refractivity contribution < 1.29 is 14.3 Å². The lowest BCUT2D eigenvalue weighted by molar-refractivity contribution is -0.123. The molecule has 0 saturated carbocycles. The molecule has 0 saturated heterocycles. The number of Topliss-reactive ketones (excluding diaryl/α,β-unsaturated/α-hetero) is 1. The summed E-state index contributed by atoms with van der Waals surface area (Å²) < 4.78 is 5.51. The van der Waals surface area contributed by atoms with Crippen molar-refractivity contribution in [3.05, 3.63) is 65.2 Å². The first-order valence-electron chi connectivity index (χ1n) is 8.30. The number of hydrogen-bond donors (Lipinski definition) is 1. The summed E-state index contributed by atoms with van der Waals surface area (Å²) in [6.07, 6.45) is 2.40. The van der Waals surface area contributed by atoms with Gasteiger partial charge in [0, 0.05) is 12.0 Å². The number of ether oxygens (including phenoxy) is 1. The molecule has 1 N–H and O–H groups in total. The lowest BCUT2D eigenvalue weighted by Gasteiger charge is -2.14. The number of fused-ring (bicyclic) bond motifs is 1. The summed E-state index contributed by atoms with van der Waals surface area (Å²) in [6, 6.07) is 15.2. The fourth-order valence-electron chi connectivity index (χ4n) is 3.03. The summed E-state index contributed by atoms with van der Waals surface area (Å²) in [5.74, 6) is 0.550. The molecule has 2 aromatic carbocycles. The standard InChI is InChI=1S/C20H21NO3/c1-2-19(22)15-7-10-16(11-8-15)24-13-20(23)21-18-12-9-14-5-3-4-6-17(14)18/h3-8,10-11,18H,2,9,12-13H2,1H3,(H,21,23). The molecular formula is C20H21NO3. The summed E-state index contributed by atoms with van der Waals surface area (Å²) in [5, 5.41) is 3.03. The third-order valence-electron chi connectivity index (χ3n) is 4.34. The van der Waals surface area contributed by atoms with E-state index in [2.05, 4.69) is 17.4 Å². The molecule has 0 spiro atoms. The first-order chi connectivity index (χ1) is 11.7. The third-order valence-corrected chi connectivity index (χ3v) is 4.34. The van der Waals surface area contributed by atoms with Crippen molar-refractivity contribution in [3.63, 3.8) is 0 Å². The molecule has 124 valence electrons. The van der Waals surface area contributed by atoms with Crippen molar-refractivity contribution in [1.29, 1.82) is 0 Å². The van der Waals surface area contributed by atoms with Crippen molar-refractivity contribution in [2.75, 3.05) is 6.61 Å². The van der Waals surface area contributed by atoms with E-state index in [-0.39, 0.29) is 24.3 Å². The number of aryl methyl sites for hydroxylation is 1. The van der Waals surface area contributed by atoms with Gasteiger partial charge in [0.15, 0.2) is 12.4 Å². The Hall–Kier alpha value is -2.62. The maximum Gasteiger partial charge on any atom is 0.258 e. The second kappa shape index (κ2) is 7.30. The fourth-order valence-corrected chi connectivity index (χ4v) is 3.03. The largest absolute Gasteiger partial charge is 0.484 e. The zero-order chi connectivity index (χ0) is 16.9. The Bertz CT molecular complexity index is 737. The van der Waals surface area contributed by atoms with Crippen LogP contribution in [0.25, 0.3) is 0 Å². The second-order valence-corrected chi connectivity index (χ2v) is 5.95. The molecule has 24 heavy (non-hydrogen) atoms. The second-order valence-electron chi connectivity index (χ2n) is 5.95. The molecule has 3 rings (SSSR count). The molecule has 0 aromatic heterocycles. The van der Waals surface area contributed by atoms with E-state index in [0.29, 0.717) is 17.7 Å². The molecule has 0 aliphatic heterocycles. The molecule has 1 aliphatic carbocycles. The van der Waals surface area contributed by atoms with Crippen LogP contribution in [-0.4, -0.2) is 18.3 Å². The van der Waals surface area contributed by atoms with Crippen LogP contribution in [0, 0.1) is 0 Å². The summed E-state index contributed by atoms with van der Waals surface area (Å²) in [6.45, 7) is 1.80. The van der Waals surface area contributed by atoms with Gasteiger partial charge in [-0.3, -0.25) is 9.59 Å². The highest BCUT2D eigenvalue weighted by Crippen LogP contribution is 2.30. The number of hydrogen-bond acceptors (Lipinski definition) is 3. The molecule has 4 heteroatoms. The van der Waals surface area contributed by atoms with E-state index in [1.54, 1.807) is 24.3 Å². The quantitative estimate of drug-likeness (QED) is 0.828.